The van der Waals surface area contributed by atoms with Gasteiger partial charge in [-0.05, 0) is 54.8 Å². The maximum Gasteiger partial charge on any atom is 0.337 e. The molecule has 2 amide bonds. The van der Waals surface area contributed by atoms with Gasteiger partial charge in [0.15, 0.2) is 0 Å². The minimum absolute atomic E-state index is 0.0145. The van der Waals surface area contributed by atoms with E-state index < -0.39 is 5.97 Å². The normalized spacial score (nSPS) is 16.1. The van der Waals surface area contributed by atoms with Gasteiger partial charge in [-0.2, -0.15) is 0 Å². The van der Waals surface area contributed by atoms with Crippen LogP contribution in [0.3, 0.4) is 0 Å². The minimum atomic E-state index is -0.390. The van der Waals surface area contributed by atoms with Crippen LogP contribution in [0.1, 0.15) is 39.1 Å². The summed E-state index contributed by atoms with van der Waals surface area (Å²) in [4.78, 5) is 40.7. The van der Waals surface area contributed by atoms with Gasteiger partial charge in [-0.1, -0.05) is 23.7 Å². The molecule has 1 heterocycles. The van der Waals surface area contributed by atoms with Crippen molar-refractivity contribution in [1.82, 2.24) is 9.80 Å². The molecule has 3 rings (SSSR count). The number of methoxy groups -OCH3 is 1. The second-order valence-corrected chi connectivity index (χ2v) is 7.92. The Morgan fingerprint density at radius 3 is 2.33 bits per heavy atom. The predicted molar refractivity (Wildman–Crippen MR) is 114 cm³/mol. The highest BCUT2D eigenvalue weighted by Gasteiger charge is 2.30. The summed E-state index contributed by atoms with van der Waals surface area (Å²) in [5.41, 5.74) is 1.97. The Bertz CT molecular complexity index is 912. The van der Waals surface area contributed by atoms with Crippen LogP contribution in [0.25, 0.3) is 0 Å². The number of likely N-dealkylation sites (tertiary alicyclic amines) is 1. The number of benzene rings is 2. The smallest absolute Gasteiger partial charge is 0.337 e. The summed E-state index contributed by atoms with van der Waals surface area (Å²) < 4.78 is 4.70. The number of carbonyl (C=O) groups is 3. The lowest BCUT2D eigenvalue weighted by atomic mass is 9.95. The molecule has 0 aromatic heterocycles. The van der Waals surface area contributed by atoms with Crippen molar-refractivity contribution in [3.8, 4) is 0 Å². The van der Waals surface area contributed by atoms with E-state index in [0.717, 1.165) is 18.4 Å². The van der Waals surface area contributed by atoms with Gasteiger partial charge in [-0.25, -0.2) is 4.79 Å². The third-order valence-electron chi connectivity index (χ3n) is 5.32. The van der Waals surface area contributed by atoms with Gasteiger partial charge in [0, 0.05) is 37.3 Å². The van der Waals surface area contributed by atoms with Crippen molar-refractivity contribution in [3.05, 3.63) is 70.2 Å². The highest BCUT2D eigenvalue weighted by atomic mass is 35.5. The fraction of sp³-hybridized carbons (Fsp3) is 0.348. The maximum atomic E-state index is 13.0. The first-order valence-corrected chi connectivity index (χ1v) is 10.2. The molecule has 1 aliphatic rings. The number of nitrogens with zero attached hydrogens (tertiary/aromatic N) is 2. The van der Waals surface area contributed by atoms with E-state index in [1.165, 1.54) is 7.11 Å². The molecule has 1 unspecified atom stereocenters. The van der Waals surface area contributed by atoms with Crippen LogP contribution in [-0.2, 0) is 16.1 Å². The molecule has 158 valence electrons. The zero-order valence-corrected chi connectivity index (χ0v) is 17.9. The van der Waals surface area contributed by atoms with E-state index in [0.29, 0.717) is 35.8 Å². The van der Waals surface area contributed by atoms with Crippen LogP contribution in [0, 0.1) is 5.92 Å². The first-order valence-electron chi connectivity index (χ1n) is 9.86. The number of hydrogen-bond donors (Lipinski definition) is 0. The molecule has 2 aromatic rings. The molecule has 1 saturated heterocycles. The molecule has 6 nitrogen and oxygen atoms in total. The minimum Gasteiger partial charge on any atom is -0.465 e. The molecule has 1 atom stereocenters. The zero-order chi connectivity index (χ0) is 21.7. The molecule has 0 bridgehead atoms. The fourth-order valence-corrected chi connectivity index (χ4v) is 3.79. The highest BCUT2D eigenvalue weighted by molar-refractivity contribution is 6.30. The Labute approximate surface area is 181 Å². The summed E-state index contributed by atoms with van der Waals surface area (Å²) in [6, 6.07) is 13.8. The number of carbonyl (C=O) groups excluding carboxylic acids is 3. The number of halogens is 1. The van der Waals surface area contributed by atoms with Crippen molar-refractivity contribution >= 4 is 29.4 Å². The van der Waals surface area contributed by atoms with Gasteiger partial charge in [-0.15, -0.1) is 0 Å². The summed E-state index contributed by atoms with van der Waals surface area (Å²) in [5, 5.41) is 0.583. The second-order valence-electron chi connectivity index (χ2n) is 7.48. The summed E-state index contributed by atoms with van der Waals surface area (Å²) in [6.07, 6.45) is 1.55. The van der Waals surface area contributed by atoms with Crippen molar-refractivity contribution in [3.63, 3.8) is 0 Å². The molecule has 0 N–H and O–H groups in total. The molecule has 30 heavy (non-hydrogen) atoms. The van der Waals surface area contributed by atoms with Crippen LogP contribution in [-0.4, -0.2) is 54.8 Å². The highest BCUT2D eigenvalue weighted by Crippen LogP contribution is 2.22. The fourth-order valence-electron chi connectivity index (χ4n) is 3.67. The second kappa shape index (κ2) is 9.76. The maximum absolute atomic E-state index is 13.0. The van der Waals surface area contributed by atoms with Crippen LogP contribution >= 0.6 is 11.6 Å². The summed E-state index contributed by atoms with van der Waals surface area (Å²) >= 11 is 5.90. The third kappa shape index (κ3) is 5.19. The Kier molecular flexibility index (Phi) is 7.11. The Balaban J connectivity index is 1.60. The van der Waals surface area contributed by atoms with E-state index in [1.807, 2.05) is 12.1 Å². The average molecular weight is 429 g/mol. The monoisotopic (exact) mass is 428 g/mol. The summed E-state index contributed by atoms with van der Waals surface area (Å²) in [7, 11) is 3.10. The van der Waals surface area contributed by atoms with E-state index >= 15 is 0 Å². The number of esters is 1. The quantitative estimate of drug-likeness (QED) is 0.682. The lowest BCUT2D eigenvalue weighted by Crippen LogP contribution is -2.45. The van der Waals surface area contributed by atoms with Crippen molar-refractivity contribution in [2.75, 3.05) is 27.2 Å². The topological polar surface area (TPSA) is 66.9 Å². The van der Waals surface area contributed by atoms with E-state index in [2.05, 4.69) is 0 Å². The van der Waals surface area contributed by atoms with Crippen molar-refractivity contribution < 1.29 is 19.1 Å². The van der Waals surface area contributed by atoms with Crippen LogP contribution in [0.4, 0.5) is 0 Å². The molecule has 0 spiro atoms. The van der Waals surface area contributed by atoms with Gasteiger partial charge in [-0.3, -0.25) is 9.59 Å². The average Bonchev–Trinajstić information content (AvgIpc) is 2.78. The van der Waals surface area contributed by atoms with Crippen molar-refractivity contribution in [1.29, 1.82) is 0 Å². The molecule has 0 saturated carbocycles. The molecular formula is C23H25ClN2O4. The number of ether oxygens (including phenoxy) is 1. The zero-order valence-electron chi connectivity index (χ0n) is 17.1. The number of piperidine rings is 1. The van der Waals surface area contributed by atoms with E-state index in [4.69, 9.17) is 16.3 Å². The molecule has 0 radical (unpaired) electrons. The Morgan fingerprint density at radius 2 is 1.70 bits per heavy atom. The van der Waals surface area contributed by atoms with Gasteiger partial charge >= 0.3 is 5.97 Å². The van der Waals surface area contributed by atoms with Crippen LogP contribution in [0.15, 0.2) is 48.5 Å². The molecule has 7 heteroatoms. The first-order chi connectivity index (χ1) is 14.4. The van der Waals surface area contributed by atoms with Crippen LogP contribution < -0.4 is 0 Å². The van der Waals surface area contributed by atoms with Crippen LogP contribution in [0.5, 0.6) is 0 Å². The molecule has 2 aromatic carbocycles. The van der Waals surface area contributed by atoms with Crippen molar-refractivity contribution in [2.24, 2.45) is 5.92 Å². The summed E-state index contributed by atoms with van der Waals surface area (Å²) in [5.74, 6) is -0.682. The third-order valence-corrected chi connectivity index (χ3v) is 5.57. The summed E-state index contributed by atoms with van der Waals surface area (Å²) in [6.45, 7) is 1.48. The van der Waals surface area contributed by atoms with E-state index in [1.54, 1.807) is 53.2 Å². The van der Waals surface area contributed by atoms with Gasteiger partial charge in [0.1, 0.15) is 0 Å². The Hall–Kier alpha value is -2.86. The predicted octanol–water partition coefficient (Wildman–Crippen LogP) is 3.64. The number of amides is 2. The molecule has 1 fully saturated rings. The van der Waals surface area contributed by atoms with E-state index in [9.17, 15) is 14.4 Å². The molecule has 0 aliphatic carbocycles. The van der Waals surface area contributed by atoms with Crippen molar-refractivity contribution in [2.45, 2.75) is 19.4 Å². The number of hydrogen-bond acceptors (Lipinski definition) is 4. The van der Waals surface area contributed by atoms with Gasteiger partial charge in [0.05, 0.1) is 18.6 Å². The lowest BCUT2D eigenvalue weighted by Gasteiger charge is -2.34. The molecular weight excluding hydrogens is 404 g/mol. The van der Waals surface area contributed by atoms with Gasteiger partial charge < -0.3 is 14.5 Å². The Morgan fingerprint density at radius 1 is 1.07 bits per heavy atom. The number of rotatable bonds is 5. The largest absolute Gasteiger partial charge is 0.465 e. The first kappa shape index (κ1) is 21.8. The van der Waals surface area contributed by atoms with E-state index in [-0.39, 0.29) is 17.7 Å². The standard InChI is InChI=1S/C23H25ClN2O4/c1-25(14-16-5-7-18(8-6-16)23(29)30-2)21(27)19-4-3-13-26(15-19)22(28)17-9-11-20(24)12-10-17/h5-12,19H,3-4,13-15H2,1-2H3. The molecule has 1 aliphatic heterocycles. The SMILES string of the molecule is COC(=O)c1ccc(CN(C)C(=O)C2CCCN(C(=O)c3ccc(Cl)cc3)C2)cc1. The van der Waals surface area contributed by atoms with Gasteiger partial charge in [0.25, 0.3) is 5.91 Å². The lowest BCUT2D eigenvalue weighted by molar-refractivity contribution is -0.136. The van der Waals surface area contributed by atoms with Gasteiger partial charge in [0.2, 0.25) is 5.91 Å². The van der Waals surface area contributed by atoms with Crippen LogP contribution in [0.2, 0.25) is 5.02 Å².